The molecule has 1 fully saturated rings. The second-order valence-corrected chi connectivity index (χ2v) is 10.9. The van der Waals surface area contributed by atoms with Crippen LogP contribution >= 0.6 is 0 Å². The molecule has 1 aliphatic rings. The van der Waals surface area contributed by atoms with Crippen LogP contribution in [-0.2, 0) is 15.6 Å². The van der Waals surface area contributed by atoms with Gasteiger partial charge in [0.05, 0.1) is 29.1 Å². The zero-order valence-corrected chi connectivity index (χ0v) is 20.0. The number of aliphatic hydroxyl groups is 1. The number of nitrogens with zero attached hydrogens (tertiary/aromatic N) is 1. The van der Waals surface area contributed by atoms with Crippen molar-refractivity contribution in [2.24, 2.45) is 5.92 Å². The number of aromatic nitrogens is 1. The minimum Gasteiger partial charge on any atom is -0.385 e. The highest BCUT2D eigenvalue weighted by Gasteiger charge is 2.41. The predicted octanol–water partition coefficient (Wildman–Crippen LogP) is 4.02. The summed E-state index contributed by atoms with van der Waals surface area (Å²) in [6.45, 7) is 5.53. The lowest BCUT2D eigenvalue weighted by Crippen LogP contribution is -2.27. The van der Waals surface area contributed by atoms with Crippen molar-refractivity contribution in [2.75, 3.05) is 11.0 Å². The van der Waals surface area contributed by atoms with Crippen molar-refractivity contribution >= 4 is 32.5 Å². The van der Waals surface area contributed by atoms with Crippen LogP contribution in [0.1, 0.15) is 59.9 Å². The van der Waals surface area contributed by atoms with Gasteiger partial charge in [-0.05, 0) is 80.5 Å². The molecule has 1 aromatic heterocycles. The third kappa shape index (κ3) is 5.17. The molecule has 3 N–H and O–H groups in total. The molecule has 1 unspecified atom stereocenters. The summed E-state index contributed by atoms with van der Waals surface area (Å²) in [6.07, 6.45) is 3.18. The molecule has 0 saturated heterocycles. The van der Waals surface area contributed by atoms with E-state index in [9.17, 15) is 18.3 Å². The quantitative estimate of drug-likeness (QED) is 0.486. The van der Waals surface area contributed by atoms with E-state index < -0.39 is 15.6 Å². The summed E-state index contributed by atoms with van der Waals surface area (Å²) < 4.78 is 25.4. The van der Waals surface area contributed by atoms with E-state index in [1.54, 1.807) is 18.2 Å². The number of nitrogens with one attached hydrogen (secondary N) is 2. The lowest BCUT2D eigenvalue weighted by atomic mass is 9.90. The van der Waals surface area contributed by atoms with Crippen LogP contribution in [0.5, 0.6) is 0 Å². The minimum atomic E-state index is -3.36. The second-order valence-electron chi connectivity index (χ2n) is 9.17. The number of hydrogen-bond acceptors (Lipinski definition) is 5. The number of benzene rings is 2. The van der Waals surface area contributed by atoms with E-state index in [0.29, 0.717) is 22.8 Å². The lowest BCUT2D eigenvalue weighted by molar-refractivity contribution is 0.0332. The van der Waals surface area contributed by atoms with Crippen LogP contribution in [0.4, 0.5) is 5.69 Å². The number of carbonyl (C=O) groups excluding carboxylic acids is 1. The first-order chi connectivity index (χ1) is 15.4. The Morgan fingerprint density at radius 1 is 1.15 bits per heavy atom. The average molecular weight is 468 g/mol. The molecule has 1 saturated carbocycles. The fourth-order valence-electron chi connectivity index (χ4n) is 4.07. The van der Waals surface area contributed by atoms with Crippen LogP contribution in [0.2, 0.25) is 0 Å². The summed E-state index contributed by atoms with van der Waals surface area (Å²) in [4.78, 5) is 17.3. The molecular weight excluding hydrogens is 438 g/mol. The Hall–Kier alpha value is -2.97. The molecule has 1 heterocycles. The Morgan fingerprint density at radius 3 is 2.52 bits per heavy atom. The van der Waals surface area contributed by atoms with E-state index in [-0.39, 0.29) is 11.9 Å². The van der Waals surface area contributed by atoms with E-state index in [0.717, 1.165) is 41.2 Å². The molecule has 1 aliphatic carbocycles. The molecule has 0 aliphatic heterocycles. The van der Waals surface area contributed by atoms with Gasteiger partial charge in [0.15, 0.2) is 0 Å². The summed E-state index contributed by atoms with van der Waals surface area (Å²) in [5.41, 5.74) is 3.16. The molecule has 33 heavy (non-hydrogen) atoms. The number of anilines is 1. The molecule has 2 aromatic carbocycles. The van der Waals surface area contributed by atoms with Gasteiger partial charge in [0.25, 0.3) is 5.91 Å². The van der Waals surface area contributed by atoms with Gasteiger partial charge in [-0.2, -0.15) is 0 Å². The lowest BCUT2D eigenvalue weighted by Gasteiger charge is -2.24. The number of fused-ring (bicyclic) bond motifs is 1. The van der Waals surface area contributed by atoms with Crippen LogP contribution in [0, 0.1) is 12.8 Å². The standard InChI is InChI=1S/C25H29N3O4S/c1-15-13-17(5-10-21(15)28-33(4,31)32)16(2)26-24(29)23-11-6-18-14-20(9-12-22(18)27-23)25(3,30)19-7-8-19/h5-6,9-14,16,19,28,30H,7-8H2,1-4H3,(H,26,29)/t16-,25?/m1/s1. The highest BCUT2D eigenvalue weighted by molar-refractivity contribution is 7.92. The van der Waals surface area contributed by atoms with Gasteiger partial charge >= 0.3 is 0 Å². The molecule has 4 rings (SSSR count). The van der Waals surface area contributed by atoms with E-state index in [1.807, 2.05) is 51.1 Å². The maximum atomic E-state index is 12.8. The monoisotopic (exact) mass is 467 g/mol. The molecule has 0 radical (unpaired) electrons. The van der Waals surface area contributed by atoms with Gasteiger partial charge in [-0.25, -0.2) is 13.4 Å². The van der Waals surface area contributed by atoms with Crippen molar-refractivity contribution in [1.29, 1.82) is 0 Å². The van der Waals surface area contributed by atoms with Crippen LogP contribution in [0.3, 0.4) is 0 Å². The first-order valence-electron chi connectivity index (χ1n) is 11.0. The number of amides is 1. The number of aryl methyl sites for hydroxylation is 1. The van der Waals surface area contributed by atoms with Gasteiger partial charge in [-0.15, -0.1) is 0 Å². The van der Waals surface area contributed by atoms with Crippen molar-refractivity contribution in [1.82, 2.24) is 10.3 Å². The predicted molar refractivity (Wildman–Crippen MR) is 130 cm³/mol. The molecule has 7 nitrogen and oxygen atoms in total. The maximum Gasteiger partial charge on any atom is 0.270 e. The van der Waals surface area contributed by atoms with Crippen LogP contribution in [-0.4, -0.2) is 30.7 Å². The molecule has 3 aromatic rings. The van der Waals surface area contributed by atoms with Crippen molar-refractivity contribution in [3.63, 3.8) is 0 Å². The highest BCUT2D eigenvalue weighted by Crippen LogP contribution is 2.45. The van der Waals surface area contributed by atoms with Gasteiger partial charge < -0.3 is 10.4 Å². The van der Waals surface area contributed by atoms with Gasteiger partial charge in [0.1, 0.15) is 5.69 Å². The second kappa shape index (κ2) is 8.43. The Bertz CT molecular complexity index is 1330. The van der Waals surface area contributed by atoms with E-state index in [1.165, 1.54) is 0 Å². The van der Waals surface area contributed by atoms with E-state index >= 15 is 0 Å². The highest BCUT2D eigenvalue weighted by atomic mass is 32.2. The number of sulfonamides is 1. The largest absolute Gasteiger partial charge is 0.385 e. The molecule has 1 amide bonds. The Morgan fingerprint density at radius 2 is 1.88 bits per heavy atom. The van der Waals surface area contributed by atoms with Crippen molar-refractivity contribution in [2.45, 2.75) is 45.3 Å². The van der Waals surface area contributed by atoms with Crippen LogP contribution in [0.25, 0.3) is 10.9 Å². The fraction of sp³-hybridized carbons (Fsp3) is 0.360. The molecule has 2 atom stereocenters. The van der Waals surface area contributed by atoms with Crippen LogP contribution < -0.4 is 10.0 Å². The number of hydrogen-bond donors (Lipinski definition) is 3. The molecule has 8 heteroatoms. The third-order valence-corrected chi connectivity index (χ3v) is 6.86. The van der Waals surface area contributed by atoms with Gasteiger partial charge in [0, 0.05) is 5.39 Å². The first-order valence-corrected chi connectivity index (χ1v) is 12.9. The topological polar surface area (TPSA) is 108 Å². The van der Waals surface area contributed by atoms with Gasteiger partial charge in [0.2, 0.25) is 10.0 Å². The summed E-state index contributed by atoms with van der Waals surface area (Å²) in [5.74, 6) is 0.00347. The zero-order valence-electron chi connectivity index (χ0n) is 19.2. The summed E-state index contributed by atoms with van der Waals surface area (Å²) in [7, 11) is -3.36. The van der Waals surface area contributed by atoms with E-state index in [2.05, 4.69) is 15.0 Å². The average Bonchev–Trinajstić information content (AvgIpc) is 3.59. The van der Waals surface area contributed by atoms with Gasteiger partial charge in [-0.1, -0.05) is 24.3 Å². The minimum absolute atomic E-state index is 0.294. The normalized spacial score (nSPS) is 16.8. The zero-order chi connectivity index (χ0) is 24.0. The summed E-state index contributed by atoms with van der Waals surface area (Å²) in [6, 6.07) is 14.2. The fourth-order valence-corrected chi connectivity index (χ4v) is 4.70. The van der Waals surface area contributed by atoms with Gasteiger partial charge in [-0.3, -0.25) is 9.52 Å². The molecule has 0 bridgehead atoms. The number of pyridine rings is 1. The first kappa shape index (κ1) is 23.2. The Labute approximate surface area is 194 Å². The van der Waals surface area contributed by atoms with Crippen LogP contribution in [0.15, 0.2) is 48.5 Å². The van der Waals surface area contributed by atoms with E-state index in [4.69, 9.17) is 0 Å². The Kier molecular flexibility index (Phi) is 5.92. The Balaban J connectivity index is 1.49. The molecule has 174 valence electrons. The maximum absolute atomic E-state index is 12.8. The smallest absolute Gasteiger partial charge is 0.270 e. The summed E-state index contributed by atoms with van der Waals surface area (Å²) >= 11 is 0. The summed E-state index contributed by atoms with van der Waals surface area (Å²) in [5, 5.41) is 14.6. The number of rotatable bonds is 7. The third-order valence-electron chi connectivity index (χ3n) is 6.27. The SMILES string of the molecule is Cc1cc([C@@H](C)NC(=O)c2ccc3cc(C(C)(O)C4CC4)ccc3n2)ccc1NS(C)(=O)=O. The van der Waals surface area contributed by atoms with Crippen molar-refractivity contribution in [3.8, 4) is 0 Å². The molecular formula is C25H29N3O4S. The number of carbonyl (C=O) groups is 1. The molecule has 0 spiro atoms. The van der Waals surface area contributed by atoms with Crippen molar-refractivity contribution in [3.05, 3.63) is 70.9 Å². The van der Waals surface area contributed by atoms with Crippen molar-refractivity contribution < 1.29 is 18.3 Å².